The first kappa shape index (κ1) is 13.3. The van der Waals surface area contributed by atoms with Crippen molar-refractivity contribution in [2.45, 2.75) is 12.5 Å². The van der Waals surface area contributed by atoms with Gasteiger partial charge in [0.15, 0.2) is 0 Å². The van der Waals surface area contributed by atoms with Crippen molar-refractivity contribution >= 4 is 26.9 Å². The molecule has 1 atom stereocenters. The number of benzene rings is 2. The third-order valence-corrected chi connectivity index (χ3v) is 3.65. The summed E-state index contributed by atoms with van der Waals surface area (Å²) in [4.78, 5) is 0. The van der Waals surface area contributed by atoms with Gasteiger partial charge in [-0.2, -0.15) is 0 Å². The molecule has 4 heteroatoms. The molecule has 1 heterocycles. The zero-order valence-electron chi connectivity index (χ0n) is 10.6. The van der Waals surface area contributed by atoms with Crippen molar-refractivity contribution in [1.29, 1.82) is 0 Å². The number of hydrogen-bond acceptors (Lipinski definition) is 2. The molecule has 1 unspecified atom stereocenters. The van der Waals surface area contributed by atoms with Crippen LogP contribution in [0.2, 0.25) is 0 Å². The molecule has 0 spiro atoms. The van der Waals surface area contributed by atoms with E-state index in [2.05, 4.69) is 15.9 Å². The van der Waals surface area contributed by atoms with Gasteiger partial charge in [-0.15, -0.1) is 0 Å². The second kappa shape index (κ2) is 5.38. The number of furan rings is 1. The topological polar surface area (TPSA) is 39.2 Å². The third-order valence-electron chi connectivity index (χ3n) is 3.19. The Labute approximate surface area is 124 Å². The van der Waals surface area contributed by atoms with E-state index < -0.39 is 0 Å². The zero-order chi connectivity index (χ0) is 14.1. The molecule has 2 nitrogen and oxygen atoms in total. The maximum Gasteiger partial charge on any atom is 0.134 e. The van der Waals surface area contributed by atoms with Gasteiger partial charge in [-0.25, -0.2) is 4.39 Å². The second-order valence-electron chi connectivity index (χ2n) is 4.77. The monoisotopic (exact) mass is 333 g/mol. The highest BCUT2D eigenvalue weighted by Crippen LogP contribution is 2.25. The van der Waals surface area contributed by atoms with Crippen molar-refractivity contribution in [3.05, 3.63) is 70.1 Å². The number of hydrogen-bond donors (Lipinski definition) is 1. The average Bonchev–Trinajstić information content (AvgIpc) is 2.81. The highest BCUT2D eigenvalue weighted by molar-refractivity contribution is 9.10. The van der Waals surface area contributed by atoms with Gasteiger partial charge in [0, 0.05) is 9.86 Å². The molecule has 0 saturated heterocycles. The van der Waals surface area contributed by atoms with Gasteiger partial charge < -0.3 is 10.2 Å². The number of fused-ring (bicyclic) bond motifs is 1. The van der Waals surface area contributed by atoms with E-state index in [1.54, 1.807) is 0 Å². The van der Waals surface area contributed by atoms with E-state index in [0.717, 1.165) is 16.5 Å². The molecular formula is C16H13BrFNO. The molecule has 0 amide bonds. The SMILES string of the molecule is NC(Cc1cc(F)cc(Br)c1)c1cc2ccccc2o1. The highest BCUT2D eigenvalue weighted by Gasteiger charge is 2.13. The Bertz CT molecular complexity index is 700. The molecule has 20 heavy (non-hydrogen) atoms. The van der Waals surface area contributed by atoms with E-state index in [0.29, 0.717) is 16.7 Å². The summed E-state index contributed by atoms with van der Waals surface area (Å²) in [6.45, 7) is 0. The lowest BCUT2D eigenvalue weighted by atomic mass is 10.0. The summed E-state index contributed by atoms with van der Waals surface area (Å²) >= 11 is 3.28. The van der Waals surface area contributed by atoms with Gasteiger partial charge in [0.25, 0.3) is 0 Å². The number of halogens is 2. The first-order chi connectivity index (χ1) is 9.61. The van der Waals surface area contributed by atoms with Gasteiger partial charge in [0.05, 0.1) is 6.04 Å². The normalized spacial score (nSPS) is 12.8. The quantitative estimate of drug-likeness (QED) is 0.762. The van der Waals surface area contributed by atoms with Gasteiger partial charge in [0.1, 0.15) is 17.2 Å². The standard InChI is InChI=1S/C16H13BrFNO/c17-12-5-10(6-13(18)9-12)7-14(19)16-8-11-3-1-2-4-15(11)20-16/h1-6,8-9,14H,7,19H2. The molecule has 0 radical (unpaired) electrons. The minimum Gasteiger partial charge on any atom is -0.459 e. The largest absolute Gasteiger partial charge is 0.459 e. The summed E-state index contributed by atoms with van der Waals surface area (Å²) in [5.41, 5.74) is 7.82. The lowest BCUT2D eigenvalue weighted by molar-refractivity contribution is 0.493. The molecule has 102 valence electrons. The predicted molar refractivity (Wildman–Crippen MR) is 80.9 cm³/mol. The zero-order valence-corrected chi connectivity index (χ0v) is 12.2. The Balaban J connectivity index is 1.86. The van der Waals surface area contributed by atoms with E-state index in [4.69, 9.17) is 10.2 Å². The predicted octanol–water partition coefficient (Wildman–Crippen LogP) is 4.58. The molecule has 0 aliphatic rings. The maximum atomic E-state index is 13.4. The molecule has 0 bridgehead atoms. The Morgan fingerprint density at radius 1 is 1.15 bits per heavy atom. The van der Waals surface area contributed by atoms with Crippen LogP contribution in [-0.4, -0.2) is 0 Å². The van der Waals surface area contributed by atoms with Crippen LogP contribution in [0.25, 0.3) is 11.0 Å². The van der Waals surface area contributed by atoms with Crippen molar-refractivity contribution in [3.8, 4) is 0 Å². The first-order valence-corrected chi connectivity index (χ1v) is 7.10. The minimum absolute atomic E-state index is 0.272. The van der Waals surface area contributed by atoms with Crippen molar-refractivity contribution < 1.29 is 8.81 Å². The van der Waals surface area contributed by atoms with E-state index in [1.165, 1.54) is 12.1 Å². The third kappa shape index (κ3) is 2.76. The van der Waals surface area contributed by atoms with Crippen LogP contribution >= 0.6 is 15.9 Å². The highest BCUT2D eigenvalue weighted by atomic mass is 79.9. The molecule has 3 aromatic rings. The Kier molecular flexibility index (Phi) is 3.59. The van der Waals surface area contributed by atoms with Gasteiger partial charge in [-0.1, -0.05) is 34.1 Å². The van der Waals surface area contributed by atoms with Crippen LogP contribution in [0, 0.1) is 5.82 Å². The summed E-state index contributed by atoms with van der Waals surface area (Å²) in [6.07, 6.45) is 0.524. The molecule has 0 aliphatic heterocycles. The van der Waals surface area contributed by atoms with Crippen LogP contribution in [0.5, 0.6) is 0 Å². The van der Waals surface area contributed by atoms with Crippen LogP contribution in [0.1, 0.15) is 17.4 Å². The molecule has 3 rings (SSSR count). The summed E-state index contributed by atoms with van der Waals surface area (Å²) < 4.78 is 19.8. The summed E-state index contributed by atoms with van der Waals surface area (Å²) in [6, 6.07) is 14.2. The van der Waals surface area contributed by atoms with Crippen molar-refractivity contribution in [3.63, 3.8) is 0 Å². The number of nitrogens with two attached hydrogens (primary N) is 1. The van der Waals surface area contributed by atoms with Crippen LogP contribution < -0.4 is 5.73 Å². The average molecular weight is 334 g/mol. The smallest absolute Gasteiger partial charge is 0.134 e. The fourth-order valence-electron chi connectivity index (χ4n) is 2.27. The maximum absolute atomic E-state index is 13.4. The molecule has 2 N–H and O–H groups in total. The van der Waals surface area contributed by atoms with E-state index in [-0.39, 0.29) is 11.9 Å². The number of para-hydroxylation sites is 1. The summed E-state index contributed by atoms with van der Waals surface area (Å²) in [5, 5.41) is 1.03. The Morgan fingerprint density at radius 3 is 2.70 bits per heavy atom. The minimum atomic E-state index is -0.295. The van der Waals surface area contributed by atoms with Gasteiger partial charge in [-0.05, 0) is 42.3 Å². The molecule has 0 aliphatic carbocycles. The molecule has 2 aromatic carbocycles. The fraction of sp³-hybridized carbons (Fsp3) is 0.125. The Morgan fingerprint density at radius 2 is 1.95 bits per heavy atom. The first-order valence-electron chi connectivity index (χ1n) is 6.31. The molecule has 1 aromatic heterocycles. The van der Waals surface area contributed by atoms with E-state index in [1.807, 2.05) is 36.4 Å². The number of rotatable bonds is 3. The van der Waals surface area contributed by atoms with E-state index in [9.17, 15) is 4.39 Å². The van der Waals surface area contributed by atoms with Crippen molar-refractivity contribution in [2.24, 2.45) is 5.73 Å². The van der Waals surface area contributed by atoms with E-state index >= 15 is 0 Å². The van der Waals surface area contributed by atoms with Crippen molar-refractivity contribution in [1.82, 2.24) is 0 Å². The lowest BCUT2D eigenvalue weighted by Gasteiger charge is -2.09. The molecular weight excluding hydrogens is 321 g/mol. The van der Waals surface area contributed by atoms with Crippen molar-refractivity contribution in [2.75, 3.05) is 0 Å². The molecule has 0 fully saturated rings. The van der Waals surface area contributed by atoms with Crippen LogP contribution in [0.15, 0.2) is 57.4 Å². The van der Waals surface area contributed by atoms with Crippen LogP contribution in [-0.2, 0) is 6.42 Å². The summed E-state index contributed by atoms with van der Waals surface area (Å²) in [7, 11) is 0. The Hall–Kier alpha value is -1.65. The van der Waals surface area contributed by atoms with Gasteiger partial charge >= 0.3 is 0 Å². The van der Waals surface area contributed by atoms with Gasteiger partial charge in [0.2, 0.25) is 0 Å². The van der Waals surface area contributed by atoms with Crippen LogP contribution in [0.3, 0.4) is 0 Å². The lowest BCUT2D eigenvalue weighted by Crippen LogP contribution is -2.12. The summed E-state index contributed by atoms with van der Waals surface area (Å²) in [5.74, 6) is 0.442. The van der Waals surface area contributed by atoms with Gasteiger partial charge in [-0.3, -0.25) is 0 Å². The van der Waals surface area contributed by atoms with Crippen LogP contribution in [0.4, 0.5) is 4.39 Å². The fourth-order valence-corrected chi connectivity index (χ4v) is 2.78. The molecule has 0 saturated carbocycles. The second-order valence-corrected chi connectivity index (χ2v) is 5.69.